The molecule has 19 heavy (non-hydrogen) atoms. The maximum Gasteiger partial charge on any atom is 0.243 e. The van der Waals surface area contributed by atoms with Crippen molar-refractivity contribution in [1.82, 2.24) is 14.6 Å². The summed E-state index contributed by atoms with van der Waals surface area (Å²) in [4.78, 5) is 4.51. The molecule has 1 N–H and O–H groups in total. The molecular weight excluding hydrogens is 256 g/mol. The van der Waals surface area contributed by atoms with Crippen LogP contribution in [0.15, 0.2) is 18.2 Å². The Labute approximate surface area is 119 Å². The van der Waals surface area contributed by atoms with E-state index in [1.807, 2.05) is 41.4 Å². The second-order valence-corrected chi connectivity index (χ2v) is 6.09. The number of nitrogens with zero attached hydrogens (tertiary/aromatic N) is 3. The van der Waals surface area contributed by atoms with Gasteiger partial charge in [0.15, 0.2) is 5.65 Å². The molecule has 2 aromatic rings. The normalized spacial score (nSPS) is 12.0. The lowest BCUT2D eigenvalue weighted by Crippen LogP contribution is -2.32. The Morgan fingerprint density at radius 3 is 2.63 bits per heavy atom. The minimum absolute atomic E-state index is 0.270. The fourth-order valence-electron chi connectivity index (χ4n) is 2.21. The predicted molar refractivity (Wildman–Crippen MR) is 83.0 cm³/mol. The van der Waals surface area contributed by atoms with Crippen molar-refractivity contribution in [2.75, 3.05) is 18.1 Å². The Morgan fingerprint density at radius 1 is 1.32 bits per heavy atom. The fourth-order valence-corrected chi connectivity index (χ4v) is 3.01. The first-order chi connectivity index (χ1) is 9.14. The summed E-state index contributed by atoms with van der Waals surface area (Å²) in [5.41, 5.74) is 1.99. The average Bonchev–Trinajstić information content (AvgIpc) is 2.86. The van der Waals surface area contributed by atoms with Crippen LogP contribution in [0.25, 0.3) is 5.65 Å². The molecule has 0 aliphatic carbocycles. The van der Waals surface area contributed by atoms with Crippen molar-refractivity contribution in [3.63, 3.8) is 0 Å². The smallest absolute Gasteiger partial charge is 0.243 e. The van der Waals surface area contributed by atoms with E-state index in [-0.39, 0.29) is 4.75 Å². The second kappa shape index (κ2) is 5.82. The molecule has 0 unspecified atom stereocenters. The molecule has 0 saturated heterocycles. The lowest BCUT2D eigenvalue weighted by Gasteiger charge is -2.29. The maximum atomic E-state index is 4.51. The highest BCUT2D eigenvalue weighted by molar-refractivity contribution is 8.00. The van der Waals surface area contributed by atoms with Crippen LogP contribution >= 0.6 is 11.8 Å². The molecule has 5 heteroatoms. The van der Waals surface area contributed by atoms with Crippen molar-refractivity contribution in [2.24, 2.45) is 0 Å². The Morgan fingerprint density at radius 2 is 2.05 bits per heavy atom. The summed E-state index contributed by atoms with van der Waals surface area (Å²) in [6.45, 7) is 7.42. The van der Waals surface area contributed by atoms with Crippen molar-refractivity contribution >= 4 is 23.4 Å². The van der Waals surface area contributed by atoms with Gasteiger partial charge in [-0.25, -0.2) is 4.52 Å². The summed E-state index contributed by atoms with van der Waals surface area (Å²) in [5.74, 6) is 0.717. The van der Waals surface area contributed by atoms with Crippen LogP contribution < -0.4 is 5.32 Å². The summed E-state index contributed by atoms with van der Waals surface area (Å²) < 4.78 is 2.15. The highest BCUT2D eigenvalue weighted by Gasteiger charge is 2.25. The largest absolute Gasteiger partial charge is 0.352 e. The van der Waals surface area contributed by atoms with Crippen LogP contribution in [-0.4, -0.2) is 32.1 Å². The van der Waals surface area contributed by atoms with Crippen LogP contribution in [0.5, 0.6) is 0 Å². The van der Waals surface area contributed by atoms with E-state index in [1.165, 1.54) is 0 Å². The van der Waals surface area contributed by atoms with Gasteiger partial charge in [0.1, 0.15) is 0 Å². The third-order valence-corrected chi connectivity index (χ3v) is 5.43. The number of thioether (sulfide) groups is 1. The van der Waals surface area contributed by atoms with E-state index in [1.54, 1.807) is 0 Å². The fraction of sp³-hybridized carbons (Fsp3) is 0.571. The minimum Gasteiger partial charge on any atom is -0.352 e. The lowest BCUT2D eigenvalue weighted by molar-refractivity contribution is 0.573. The van der Waals surface area contributed by atoms with Gasteiger partial charge < -0.3 is 5.32 Å². The van der Waals surface area contributed by atoms with Gasteiger partial charge in [-0.15, -0.1) is 5.10 Å². The van der Waals surface area contributed by atoms with E-state index in [0.29, 0.717) is 0 Å². The van der Waals surface area contributed by atoms with Gasteiger partial charge in [0.2, 0.25) is 5.95 Å². The van der Waals surface area contributed by atoms with E-state index < -0.39 is 0 Å². The number of hydrogen-bond acceptors (Lipinski definition) is 4. The predicted octanol–water partition coefficient (Wildman–Crippen LogP) is 3.37. The van der Waals surface area contributed by atoms with Gasteiger partial charge in [0, 0.05) is 17.0 Å². The van der Waals surface area contributed by atoms with Crippen molar-refractivity contribution in [3.8, 4) is 0 Å². The molecule has 0 aromatic carbocycles. The molecule has 104 valence electrons. The Hall–Kier alpha value is -1.23. The highest BCUT2D eigenvalue weighted by Crippen LogP contribution is 2.30. The number of rotatable bonds is 6. The van der Waals surface area contributed by atoms with Gasteiger partial charge in [0.05, 0.1) is 0 Å². The van der Waals surface area contributed by atoms with Crippen molar-refractivity contribution in [3.05, 3.63) is 23.9 Å². The first-order valence-corrected chi connectivity index (χ1v) is 7.98. The Balaban J connectivity index is 2.16. The van der Waals surface area contributed by atoms with Crippen LogP contribution in [0.4, 0.5) is 5.95 Å². The standard InChI is InChI=1S/C14H22N4S/c1-5-14(6-2,19-4)10-15-13-16-12-9-7-8-11(3)18(12)17-13/h7-9H,5-6,10H2,1-4H3,(H,15,17). The lowest BCUT2D eigenvalue weighted by atomic mass is 10.0. The van der Waals surface area contributed by atoms with Gasteiger partial charge in [-0.1, -0.05) is 19.9 Å². The van der Waals surface area contributed by atoms with Crippen molar-refractivity contribution in [2.45, 2.75) is 38.4 Å². The number of anilines is 1. The molecule has 2 aromatic heterocycles. The monoisotopic (exact) mass is 278 g/mol. The number of aromatic nitrogens is 3. The van der Waals surface area contributed by atoms with Gasteiger partial charge in [-0.05, 0) is 38.2 Å². The quantitative estimate of drug-likeness (QED) is 0.879. The molecule has 0 saturated carbocycles. The Bertz CT molecular complexity index is 537. The summed E-state index contributed by atoms with van der Waals surface area (Å²) in [6, 6.07) is 6.02. The molecule has 0 amide bonds. The first kappa shape index (κ1) is 14.2. The summed E-state index contributed by atoms with van der Waals surface area (Å²) >= 11 is 1.92. The summed E-state index contributed by atoms with van der Waals surface area (Å²) in [7, 11) is 0. The molecular formula is C14H22N4S. The SMILES string of the molecule is CCC(CC)(CNc1nc2cccc(C)n2n1)SC. The van der Waals surface area contributed by atoms with E-state index in [9.17, 15) is 0 Å². The zero-order valence-electron chi connectivity index (χ0n) is 12.1. The van der Waals surface area contributed by atoms with E-state index in [2.05, 4.69) is 35.5 Å². The zero-order chi connectivity index (χ0) is 13.9. The number of pyridine rings is 1. The zero-order valence-corrected chi connectivity index (χ0v) is 12.9. The molecule has 4 nitrogen and oxygen atoms in total. The molecule has 0 aliphatic rings. The van der Waals surface area contributed by atoms with Crippen LogP contribution in [0.1, 0.15) is 32.4 Å². The van der Waals surface area contributed by atoms with E-state index in [4.69, 9.17) is 0 Å². The third-order valence-electron chi connectivity index (χ3n) is 3.84. The van der Waals surface area contributed by atoms with Crippen LogP contribution in [-0.2, 0) is 0 Å². The summed E-state index contributed by atoms with van der Waals surface area (Å²) in [5, 5.41) is 7.89. The third kappa shape index (κ3) is 2.86. The molecule has 0 spiro atoms. The molecule has 0 fully saturated rings. The van der Waals surface area contributed by atoms with Gasteiger partial charge in [-0.2, -0.15) is 16.7 Å². The number of fused-ring (bicyclic) bond motifs is 1. The molecule has 2 rings (SSSR count). The first-order valence-electron chi connectivity index (χ1n) is 6.75. The second-order valence-electron chi connectivity index (χ2n) is 4.82. The number of hydrogen-bond donors (Lipinski definition) is 1. The topological polar surface area (TPSA) is 42.2 Å². The van der Waals surface area contributed by atoms with Crippen LogP contribution in [0.3, 0.4) is 0 Å². The molecule has 0 atom stereocenters. The molecule has 0 radical (unpaired) electrons. The van der Waals surface area contributed by atoms with Crippen LogP contribution in [0.2, 0.25) is 0 Å². The average molecular weight is 278 g/mol. The van der Waals surface area contributed by atoms with E-state index >= 15 is 0 Å². The van der Waals surface area contributed by atoms with Gasteiger partial charge >= 0.3 is 0 Å². The minimum atomic E-state index is 0.270. The molecule has 0 bridgehead atoms. The molecule has 0 aliphatic heterocycles. The number of aryl methyl sites for hydroxylation is 1. The van der Waals surface area contributed by atoms with Crippen LogP contribution in [0, 0.1) is 6.92 Å². The number of nitrogens with one attached hydrogen (secondary N) is 1. The van der Waals surface area contributed by atoms with Crippen molar-refractivity contribution < 1.29 is 0 Å². The van der Waals surface area contributed by atoms with Gasteiger partial charge in [0.25, 0.3) is 0 Å². The van der Waals surface area contributed by atoms with Crippen molar-refractivity contribution in [1.29, 1.82) is 0 Å². The highest BCUT2D eigenvalue weighted by atomic mass is 32.2. The maximum absolute atomic E-state index is 4.51. The molecule has 2 heterocycles. The van der Waals surface area contributed by atoms with Gasteiger partial charge in [-0.3, -0.25) is 0 Å². The Kier molecular flexibility index (Phi) is 4.34. The van der Waals surface area contributed by atoms with E-state index in [0.717, 1.165) is 36.7 Å². The summed E-state index contributed by atoms with van der Waals surface area (Å²) in [6.07, 6.45) is 4.46.